The molecule has 0 saturated carbocycles. The van der Waals surface area contributed by atoms with Gasteiger partial charge < -0.3 is 15.0 Å². The summed E-state index contributed by atoms with van der Waals surface area (Å²) in [5, 5.41) is 3.59. The predicted octanol–water partition coefficient (Wildman–Crippen LogP) is 5.05. The van der Waals surface area contributed by atoms with Gasteiger partial charge in [0.2, 0.25) is 5.91 Å². The summed E-state index contributed by atoms with van der Waals surface area (Å²) >= 11 is 6.17. The second kappa shape index (κ2) is 9.31. The van der Waals surface area contributed by atoms with Crippen LogP contribution in [0.4, 0.5) is 11.4 Å². The first-order valence-electron chi connectivity index (χ1n) is 10.0. The molecule has 0 radical (unpaired) electrons. The highest BCUT2D eigenvalue weighted by atomic mass is 35.5. The molecule has 2 aromatic carbocycles. The standard InChI is InChI=1S/C23H27ClN2O3/c1-4-5-10-26-20-8-7-18(13-17(20)6-9-22(26)28)25-21(27)14-29-19-11-15(2)23(24)16(3)12-19/h7-8,11-13H,4-6,9-10,14H2,1-3H3,(H,25,27). The van der Waals surface area contributed by atoms with Gasteiger partial charge in [-0.25, -0.2) is 0 Å². The van der Waals surface area contributed by atoms with Crippen LogP contribution in [-0.2, 0) is 16.0 Å². The first kappa shape index (κ1) is 21.2. The molecule has 0 bridgehead atoms. The van der Waals surface area contributed by atoms with Gasteiger partial charge in [0.25, 0.3) is 5.91 Å². The third kappa shape index (κ3) is 5.10. The second-order valence-electron chi connectivity index (χ2n) is 7.45. The van der Waals surface area contributed by atoms with Crippen LogP contribution >= 0.6 is 11.6 Å². The Bertz CT molecular complexity index is 903. The number of ether oxygens (including phenoxy) is 1. The van der Waals surface area contributed by atoms with E-state index in [0.29, 0.717) is 29.3 Å². The van der Waals surface area contributed by atoms with E-state index in [1.165, 1.54) is 0 Å². The largest absolute Gasteiger partial charge is 0.484 e. The molecule has 0 aromatic heterocycles. The molecule has 5 nitrogen and oxygen atoms in total. The van der Waals surface area contributed by atoms with Crippen LogP contribution in [-0.4, -0.2) is 25.0 Å². The lowest BCUT2D eigenvalue weighted by Crippen LogP contribution is -2.35. The van der Waals surface area contributed by atoms with Crippen molar-refractivity contribution in [3.05, 3.63) is 52.0 Å². The van der Waals surface area contributed by atoms with Crippen LogP contribution in [0.2, 0.25) is 5.02 Å². The number of anilines is 2. The number of rotatable bonds is 7. The van der Waals surface area contributed by atoms with Gasteiger partial charge in [-0.2, -0.15) is 0 Å². The Balaban J connectivity index is 1.63. The maximum absolute atomic E-state index is 12.3. The molecule has 2 aromatic rings. The maximum Gasteiger partial charge on any atom is 0.262 e. The molecular weight excluding hydrogens is 388 g/mol. The monoisotopic (exact) mass is 414 g/mol. The summed E-state index contributed by atoms with van der Waals surface area (Å²) in [5.41, 5.74) is 4.59. The molecular formula is C23H27ClN2O3. The number of nitrogens with one attached hydrogen (secondary N) is 1. The Hall–Kier alpha value is -2.53. The fourth-order valence-electron chi connectivity index (χ4n) is 3.53. The first-order valence-corrected chi connectivity index (χ1v) is 10.4. The summed E-state index contributed by atoms with van der Waals surface area (Å²) in [7, 11) is 0. The molecule has 0 aliphatic carbocycles. The highest BCUT2D eigenvalue weighted by Crippen LogP contribution is 2.31. The van der Waals surface area contributed by atoms with Crippen LogP contribution in [0.3, 0.4) is 0 Å². The average Bonchev–Trinajstić information content (AvgIpc) is 2.69. The fraction of sp³-hybridized carbons (Fsp3) is 0.391. The van der Waals surface area contributed by atoms with E-state index in [1.54, 1.807) is 0 Å². The van der Waals surface area contributed by atoms with Crippen molar-refractivity contribution < 1.29 is 14.3 Å². The van der Waals surface area contributed by atoms with Crippen molar-refractivity contribution in [2.24, 2.45) is 0 Å². The Labute approximate surface area is 177 Å². The summed E-state index contributed by atoms with van der Waals surface area (Å²) in [6.45, 7) is 6.58. The lowest BCUT2D eigenvalue weighted by molar-refractivity contribution is -0.119. The van der Waals surface area contributed by atoms with Gasteiger partial charge in [0, 0.05) is 29.4 Å². The molecule has 1 heterocycles. The Morgan fingerprint density at radius 2 is 1.90 bits per heavy atom. The fourth-order valence-corrected chi connectivity index (χ4v) is 3.64. The highest BCUT2D eigenvalue weighted by molar-refractivity contribution is 6.32. The zero-order valence-corrected chi connectivity index (χ0v) is 17.9. The number of aryl methyl sites for hydroxylation is 3. The van der Waals surface area contributed by atoms with Gasteiger partial charge in [0.05, 0.1) is 0 Å². The normalized spacial score (nSPS) is 13.2. The van der Waals surface area contributed by atoms with Crippen molar-refractivity contribution in [1.82, 2.24) is 0 Å². The molecule has 0 spiro atoms. The van der Waals surface area contributed by atoms with E-state index in [4.69, 9.17) is 16.3 Å². The van der Waals surface area contributed by atoms with Crippen molar-refractivity contribution >= 4 is 34.8 Å². The third-order valence-corrected chi connectivity index (χ3v) is 5.67. The topological polar surface area (TPSA) is 58.6 Å². The van der Waals surface area contributed by atoms with Crippen LogP contribution in [0.5, 0.6) is 5.75 Å². The zero-order chi connectivity index (χ0) is 21.0. The van der Waals surface area contributed by atoms with E-state index in [9.17, 15) is 9.59 Å². The van der Waals surface area contributed by atoms with Crippen molar-refractivity contribution in [2.75, 3.05) is 23.4 Å². The van der Waals surface area contributed by atoms with Gasteiger partial charge in [-0.3, -0.25) is 9.59 Å². The summed E-state index contributed by atoms with van der Waals surface area (Å²) < 4.78 is 5.62. The first-order chi connectivity index (χ1) is 13.9. The number of benzene rings is 2. The lowest BCUT2D eigenvalue weighted by Gasteiger charge is -2.29. The average molecular weight is 415 g/mol. The molecule has 1 N–H and O–H groups in total. The number of unbranched alkanes of at least 4 members (excludes halogenated alkanes) is 1. The molecule has 29 heavy (non-hydrogen) atoms. The van der Waals surface area contributed by atoms with Crippen LogP contribution in [0.25, 0.3) is 0 Å². The summed E-state index contributed by atoms with van der Waals surface area (Å²) in [6.07, 6.45) is 3.22. The Morgan fingerprint density at radius 1 is 1.17 bits per heavy atom. The SMILES string of the molecule is CCCCN1C(=O)CCc2cc(NC(=O)COc3cc(C)c(Cl)c(C)c3)ccc21. The van der Waals surface area contributed by atoms with Crippen molar-refractivity contribution in [3.8, 4) is 5.75 Å². The van der Waals surface area contributed by atoms with Gasteiger partial charge in [-0.1, -0.05) is 24.9 Å². The number of fused-ring (bicyclic) bond motifs is 1. The lowest BCUT2D eigenvalue weighted by atomic mass is 10.00. The smallest absolute Gasteiger partial charge is 0.262 e. The van der Waals surface area contributed by atoms with Gasteiger partial charge in [0.15, 0.2) is 6.61 Å². The molecule has 6 heteroatoms. The van der Waals surface area contributed by atoms with Gasteiger partial charge >= 0.3 is 0 Å². The van der Waals surface area contributed by atoms with E-state index in [1.807, 2.05) is 49.1 Å². The van der Waals surface area contributed by atoms with Crippen molar-refractivity contribution in [1.29, 1.82) is 0 Å². The van der Waals surface area contributed by atoms with E-state index in [2.05, 4.69) is 12.2 Å². The van der Waals surface area contributed by atoms with Crippen LogP contribution in [0.15, 0.2) is 30.3 Å². The van der Waals surface area contributed by atoms with E-state index in [0.717, 1.165) is 41.8 Å². The number of carbonyl (C=O) groups is 2. The number of hydrogen-bond acceptors (Lipinski definition) is 3. The van der Waals surface area contributed by atoms with Crippen molar-refractivity contribution in [2.45, 2.75) is 46.5 Å². The minimum absolute atomic E-state index is 0.0846. The molecule has 2 amide bonds. The van der Waals surface area contributed by atoms with Crippen LogP contribution < -0.4 is 15.0 Å². The van der Waals surface area contributed by atoms with Gasteiger partial charge in [-0.15, -0.1) is 0 Å². The summed E-state index contributed by atoms with van der Waals surface area (Å²) in [6, 6.07) is 9.36. The van der Waals surface area contributed by atoms with Crippen molar-refractivity contribution in [3.63, 3.8) is 0 Å². The van der Waals surface area contributed by atoms with Crippen LogP contribution in [0, 0.1) is 13.8 Å². The molecule has 1 aliphatic rings. The van der Waals surface area contributed by atoms with Gasteiger partial charge in [-0.05, 0) is 73.7 Å². The predicted molar refractivity (Wildman–Crippen MR) is 117 cm³/mol. The number of carbonyl (C=O) groups excluding carboxylic acids is 2. The summed E-state index contributed by atoms with van der Waals surface area (Å²) in [4.78, 5) is 26.4. The minimum Gasteiger partial charge on any atom is -0.484 e. The number of amides is 2. The van der Waals surface area contributed by atoms with E-state index in [-0.39, 0.29) is 18.4 Å². The maximum atomic E-state index is 12.3. The third-order valence-electron chi connectivity index (χ3n) is 5.08. The molecule has 1 aliphatic heterocycles. The van der Waals surface area contributed by atoms with E-state index >= 15 is 0 Å². The van der Waals surface area contributed by atoms with Crippen LogP contribution in [0.1, 0.15) is 42.9 Å². The molecule has 0 atom stereocenters. The second-order valence-corrected chi connectivity index (χ2v) is 7.83. The molecule has 0 fully saturated rings. The quantitative estimate of drug-likeness (QED) is 0.689. The zero-order valence-electron chi connectivity index (χ0n) is 17.2. The molecule has 0 saturated heterocycles. The molecule has 0 unspecified atom stereocenters. The Kier molecular flexibility index (Phi) is 6.80. The summed E-state index contributed by atoms with van der Waals surface area (Å²) in [5.74, 6) is 0.560. The number of nitrogens with zero attached hydrogens (tertiary/aromatic N) is 1. The Morgan fingerprint density at radius 3 is 2.59 bits per heavy atom. The highest BCUT2D eigenvalue weighted by Gasteiger charge is 2.23. The molecule has 3 rings (SSSR count). The molecule has 154 valence electrons. The van der Waals surface area contributed by atoms with E-state index < -0.39 is 0 Å². The van der Waals surface area contributed by atoms with Gasteiger partial charge in [0.1, 0.15) is 5.75 Å². The number of halogens is 1. The number of hydrogen-bond donors (Lipinski definition) is 1. The minimum atomic E-state index is -0.232.